The van der Waals surface area contributed by atoms with Crippen LogP contribution in [-0.2, 0) is 9.63 Å². The maximum atomic E-state index is 11.4. The number of carboxylic acids is 1. The van der Waals surface area contributed by atoms with E-state index in [-0.39, 0.29) is 11.1 Å². The van der Waals surface area contributed by atoms with Crippen molar-refractivity contribution in [1.82, 2.24) is 5.48 Å². The van der Waals surface area contributed by atoms with Crippen LogP contribution in [0.3, 0.4) is 0 Å². The summed E-state index contributed by atoms with van der Waals surface area (Å²) in [6.45, 7) is -0.652. The molecule has 0 aliphatic heterocycles. The van der Waals surface area contributed by atoms with Crippen molar-refractivity contribution >= 4 is 17.8 Å². The van der Waals surface area contributed by atoms with E-state index in [2.05, 4.69) is 4.84 Å². The number of hydrogen-bond acceptors (Lipinski definition) is 4. The molecule has 2 amide bonds. The number of aliphatic carboxylic acids is 1. The molecule has 7 nitrogen and oxygen atoms in total. The molecule has 0 atom stereocenters. The van der Waals surface area contributed by atoms with Crippen molar-refractivity contribution in [2.24, 2.45) is 5.73 Å². The van der Waals surface area contributed by atoms with Gasteiger partial charge in [0.05, 0.1) is 0 Å². The van der Waals surface area contributed by atoms with Crippen molar-refractivity contribution in [3.8, 4) is 0 Å². The van der Waals surface area contributed by atoms with Crippen molar-refractivity contribution in [1.29, 1.82) is 0 Å². The Morgan fingerprint density at radius 2 is 1.94 bits per heavy atom. The van der Waals surface area contributed by atoms with E-state index in [1.54, 1.807) is 0 Å². The van der Waals surface area contributed by atoms with E-state index < -0.39 is 24.4 Å². The lowest BCUT2D eigenvalue weighted by Gasteiger charge is -2.04. The molecular formula is C10H10N2O5. The first-order chi connectivity index (χ1) is 8.00. The number of hydrogen-bond donors (Lipinski definition) is 3. The Balaban J connectivity index is 2.65. The number of primary amides is 1. The topological polar surface area (TPSA) is 119 Å². The quantitative estimate of drug-likeness (QED) is 0.599. The molecule has 0 saturated heterocycles. The fraction of sp³-hybridized carbons (Fsp3) is 0.100. The van der Waals surface area contributed by atoms with Gasteiger partial charge in [-0.25, -0.2) is 10.3 Å². The summed E-state index contributed by atoms with van der Waals surface area (Å²) in [5.74, 6) is -2.53. The number of rotatable bonds is 5. The SMILES string of the molecule is NC(=O)c1cccc(C(=O)NOCC(=O)O)c1. The van der Waals surface area contributed by atoms with Crippen LogP contribution in [0.1, 0.15) is 20.7 Å². The minimum absolute atomic E-state index is 0.145. The van der Waals surface area contributed by atoms with E-state index in [0.717, 1.165) is 0 Å². The Bertz CT molecular complexity index is 458. The molecule has 1 aromatic carbocycles. The number of benzene rings is 1. The summed E-state index contributed by atoms with van der Waals surface area (Å²) in [5, 5.41) is 8.28. The zero-order valence-electron chi connectivity index (χ0n) is 8.67. The van der Waals surface area contributed by atoms with E-state index in [1.165, 1.54) is 24.3 Å². The lowest BCUT2D eigenvalue weighted by molar-refractivity contribution is -0.144. The Labute approximate surface area is 96.1 Å². The highest BCUT2D eigenvalue weighted by atomic mass is 16.7. The first-order valence-electron chi connectivity index (χ1n) is 4.54. The number of carbonyl (C=O) groups excluding carboxylic acids is 2. The molecule has 0 spiro atoms. The van der Waals surface area contributed by atoms with Crippen LogP contribution in [-0.4, -0.2) is 29.5 Å². The van der Waals surface area contributed by atoms with Crippen molar-refractivity contribution in [3.63, 3.8) is 0 Å². The first-order valence-corrected chi connectivity index (χ1v) is 4.54. The summed E-state index contributed by atoms with van der Waals surface area (Å²) in [4.78, 5) is 36.8. The van der Waals surface area contributed by atoms with Crippen LogP contribution in [0.15, 0.2) is 24.3 Å². The summed E-state index contributed by atoms with van der Waals surface area (Å²) in [7, 11) is 0. The normalized spacial score (nSPS) is 9.65. The maximum Gasteiger partial charge on any atom is 0.332 e. The van der Waals surface area contributed by atoms with Crippen molar-refractivity contribution < 1.29 is 24.3 Å². The molecule has 0 fully saturated rings. The minimum atomic E-state index is -1.21. The highest BCUT2D eigenvalue weighted by Gasteiger charge is 2.09. The largest absolute Gasteiger partial charge is 0.479 e. The van der Waals surface area contributed by atoms with Gasteiger partial charge in [0.2, 0.25) is 5.91 Å². The summed E-state index contributed by atoms with van der Waals surface area (Å²) in [5.41, 5.74) is 7.29. The van der Waals surface area contributed by atoms with Gasteiger partial charge in [0, 0.05) is 11.1 Å². The van der Waals surface area contributed by atoms with Crippen LogP contribution in [0.2, 0.25) is 0 Å². The molecule has 1 rings (SSSR count). The maximum absolute atomic E-state index is 11.4. The molecule has 1 aromatic rings. The van der Waals surface area contributed by atoms with Gasteiger partial charge in [0.1, 0.15) is 0 Å². The van der Waals surface area contributed by atoms with Crippen LogP contribution in [0.5, 0.6) is 0 Å². The third-order valence-electron chi connectivity index (χ3n) is 1.77. The lowest BCUT2D eigenvalue weighted by Crippen LogP contribution is -2.27. The van der Waals surface area contributed by atoms with Gasteiger partial charge in [-0.15, -0.1) is 0 Å². The molecule has 7 heteroatoms. The smallest absolute Gasteiger partial charge is 0.332 e. The molecule has 0 bridgehead atoms. The van der Waals surface area contributed by atoms with Crippen molar-refractivity contribution in [2.75, 3.05) is 6.61 Å². The van der Waals surface area contributed by atoms with Crippen LogP contribution in [0.4, 0.5) is 0 Å². The second-order valence-electron chi connectivity index (χ2n) is 3.06. The predicted octanol–water partition coefficient (Wildman–Crippen LogP) is -0.468. The zero-order valence-corrected chi connectivity index (χ0v) is 8.67. The van der Waals surface area contributed by atoms with Gasteiger partial charge in [-0.05, 0) is 18.2 Å². The number of hydroxylamine groups is 1. The lowest BCUT2D eigenvalue weighted by atomic mass is 10.1. The first kappa shape index (κ1) is 12.7. The molecule has 0 radical (unpaired) electrons. The second kappa shape index (κ2) is 5.61. The van der Waals surface area contributed by atoms with Crippen LogP contribution in [0.25, 0.3) is 0 Å². The molecule has 90 valence electrons. The highest BCUT2D eigenvalue weighted by Crippen LogP contribution is 2.04. The summed E-state index contributed by atoms with van der Waals surface area (Å²) < 4.78 is 0. The minimum Gasteiger partial charge on any atom is -0.479 e. The van der Waals surface area contributed by atoms with Gasteiger partial charge in [0.15, 0.2) is 6.61 Å². The Morgan fingerprint density at radius 1 is 1.29 bits per heavy atom. The fourth-order valence-corrected chi connectivity index (χ4v) is 1.04. The van der Waals surface area contributed by atoms with Crippen LogP contribution < -0.4 is 11.2 Å². The summed E-state index contributed by atoms with van der Waals surface area (Å²) >= 11 is 0. The third kappa shape index (κ3) is 3.92. The van der Waals surface area contributed by atoms with Crippen molar-refractivity contribution in [2.45, 2.75) is 0 Å². The van der Waals surface area contributed by atoms with Gasteiger partial charge >= 0.3 is 5.97 Å². The van der Waals surface area contributed by atoms with E-state index >= 15 is 0 Å². The second-order valence-corrected chi connectivity index (χ2v) is 3.06. The number of nitrogens with two attached hydrogens (primary N) is 1. The number of amides is 2. The molecular weight excluding hydrogens is 228 g/mol. The third-order valence-corrected chi connectivity index (χ3v) is 1.77. The summed E-state index contributed by atoms with van der Waals surface area (Å²) in [6.07, 6.45) is 0. The number of nitrogens with one attached hydrogen (secondary N) is 1. The molecule has 0 saturated carbocycles. The molecule has 4 N–H and O–H groups in total. The molecule has 0 aliphatic carbocycles. The highest BCUT2D eigenvalue weighted by molar-refractivity contribution is 5.98. The fourth-order valence-electron chi connectivity index (χ4n) is 1.04. The van der Waals surface area contributed by atoms with Gasteiger partial charge in [-0.1, -0.05) is 6.07 Å². The van der Waals surface area contributed by atoms with E-state index in [0.29, 0.717) is 0 Å². The van der Waals surface area contributed by atoms with Crippen LogP contribution >= 0.6 is 0 Å². The van der Waals surface area contributed by atoms with Gasteiger partial charge in [-0.3, -0.25) is 14.4 Å². The molecule has 17 heavy (non-hydrogen) atoms. The molecule has 0 aromatic heterocycles. The molecule has 0 heterocycles. The number of carbonyl (C=O) groups is 3. The van der Waals surface area contributed by atoms with Gasteiger partial charge < -0.3 is 10.8 Å². The Kier molecular flexibility index (Phi) is 4.18. The Morgan fingerprint density at radius 3 is 2.53 bits per heavy atom. The summed E-state index contributed by atoms with van der Waals surface area (Å²) in [6, 6.07) is 5.65. The zero-order chi connectivity index (χ0) is 12.8. The van der Waals surface area contributed by atoms with E-state index in [9.17, 15) is 14.4 Å². The molecule has 0 aliphatic rings. The number of carboxylic acid groups (broad SMARTS) is 1. The van der Waals surface area contributed by atoms with Crippen LogP contribution in [0, 0.1) is 0 Å². The van der Waals surface area contributed by atoms with Crippen molar-refractivity contribution in [3.05, 3.63) is 35.4 Å². The standard InChI is InChI=1S/C10H10N2O5/c11-9(15)6-2-1-3-7(4-6)10(16)12-17-5-8(13)14/h1-4H,5H2,(H2,11,15)(H,12,16)(H,13,14). The van der Waals surface area contributed by atoms with E-state index in [1.807, 2.05) is 5.48 Å². The van der Waals surface area contributed by atoms with Gasteiger partial charge in [-0.2, -0.15) is 0 Å². The average Bonchev–Trinajstić information content (AvgIpc) is 2.28. The van der Waals surface area contributed by atoms with Gasteiger partial charge in [0.25, 0.3) is 5.91 Å². The predicted molar refractivity (Wildman–Crippen MR) is 56.0 cm³/mol. The van der Waals surface area contributed by atoms with E-state index in [4.69, 9.17) is 10.8 Å². The molecule has 0 unspecified atom stereocenters. The monoisotopic (exact) mass is 238 g/mol. The average molecular weight is 238 g/mol. The Hall–Kier alpha value is -2.41.